The summed E-state index contributed by atoms with van der Waals surface area (Å²) in [7, 11) is 0. The fourth-order valence-electron chi connectivity index (χ4n) is 4.16. The van der Waals surface area contributed by atoms with E-state index in [0.29, 0.717) is 11.5 Å². The maximum atomic E-state index is 5.86. The van der Waals surface area contributed by atoms with E-state index < -0.39 is 0 Å². The maximum Gasteiger partial charge on any atom is 0.0700 e. The number of nitrogens with zero attached hydrogens (tertiary/aromatic N) is 1. The Labute approximate surface area is 130 Å². The van der Waals surface area contributed by atoms with Crippen molar-refractivity contribution in [2.24, 2.45) is 5.41 Å². The van der Waals surface area contributed by atoms with E-state index in [-0.39, 0.29) is 0 Å². The molecule has 1 aliphatic heterocycles. The Balaban J connectivity index is 1.59. The number of rotatable bonds is 6. The van der Waals surface area contributed by atoms with Gasteiger partial charge >= 0.3 is 0 Å². The monoisotopic (exact) mass is 294 g/mol. The molecule has 1 heterocycles. The minimum Gasteiger partial charge on any atom is -0.376 e. The van der Waals surface area contributed by atoms with Gasteiger partial charge in [0.15, 0.2) is 0 Å². The summed E-state index contributed by atoms with van der Waals surface area (Å²) in [4.78, 5) is 2.71. The molecule has 0 bridgehead atoms. The van der Waals surface area contributed by atoms with E-state index in [9.17, 15) is 0 Å². The van der Waals surface area contributed by atoms with Crippen LogP contribution < -0.4 is 5.32 Å². The second-order valence-electron chi connectivity index (χ2n) is 7.71. The van der Waals surface area contributed by atoms with Gasteiger partial charge < -0.3 is 10.1 Å². The van der Waals surface area contributed by atoms with Gasteiger partial charge in [0.1, 0.15) is 0 Å². The summed E-state index contributed by atoms with van der Waals surface area (Å²) >= 11 is 0. The summed E-state index contributed by atoms with van der Waals surface area (Å²) in [6.07, 6.45) is 13.1. The van der Waals surface area contributed by atoms with Gasteiger partial charge in [-0.2, -0.15) is 0 Å². The molecule has 1 saturated heterocycles. The topological polar surface area (TPSA) is 24.5 Å². The lowest BCUT2D eigenvalue weighted by molar-refractivity contribution is -0.0441. The van der Waals surface area contributed by atoms with Crippen LogP contribution in [0.4, 0.5) is 0 Å². The molecule has 0 aromatic rings. The van der Waals surface area contributed by atoms with Crippen molar-refractivity contribution in [3.63, 3.8) is 0 Å². The predicted molar refractivity (Wildman–Crippen MR) is 87.6 cm³/mol. The Morgan fingerprint density at radius 2 is 1.90 bits per heavy atom. The van der Waals surface area contributed by atoms with Crippen molar-refractivity contribution >= 4 is 0 Å². The van der Waals surface area contributed by atoms with Crippen LogP contribution in [-0.4, -0.2) is 49.8 Å². The SMILES string of the molecule is CCC1CN(CC2(CNC3CC3)CCCCCC2)CCO1. The molecule has 1 unspecified atom stereocenters. The minimum absolute atomic E-state index is 0.470. The van der Waals surface area contributed by atoms with Crippen LogP contribution in [0.5, 0.6) is 0 Å². The molecule has 0 aromatic carbocycles. The van der Waals surface area contributed by atoms with Gasteiger partial charge in [-0.15, -0.1) is 0 Å². The summed E-state index contributed by atoms with van der Waals surface area (Å²) in [5, 5.41) is 3.85. The number of hydrogen-bond acceptors (Lipinski definition) is 3. The third-order valence-electron chi connectivity index (χ3n) is 5.74. The average molecular weight is 294 g/mol. The lowest BCUT2D eigenvalue weighted by Crippen LogP contribution is -2.50. The van der Waals surface area contributed by atoms with Gasteiger partial charge in [-0.05, 0) is 37.5 Å². The maximum absolute atomic E-state index is 5.86. The first-order chi connectivity index (χ1) is 10.3. The third kappa shape index (κ3) is 4.67. The van der Waals surface area contributed by atoms with Crippen molar-refractivity contribution in [3.05, 3.63) is 0 Å². The Bertz CT molecular complexity index is 308. The standard InChI is InChI=1S/C18H34N2O/c1-2-17-13-20(11-12-21-17)15-18(14-19-16-7-8-16)9-5-3-4-6-10-18/h16-17,19H,2-15H2,1H3. The molecule has 3 aliphatic rings. The number of nitrogens with one attached hydrogen (secondary N) is 1. The predicted octanol–water partition coefficient (Wildman–Crippen LogP) is 3.19. The Morgan fingerprint density at radius 3 is 2.57 bits per heavy atom. The fraction of sp³-hybridized carbons (Fsp3) is 1.00. The highest BCUT2D eigenvalue weighted by molar-refractivity contribution is 4.91. The minimum atomic E-state index is 0.470. The summed E-state index contributed by atoms with van der Waals surface area (Å²) in [6.45, 7) is 8.04. The van der Waals surface area contributed by atoms with Crippen molar-refractivity contribution in [2.45, 2.75) is 76.9 Å². The number of ether oxygens (including phenoxy) is 1. The first-order valence-electron chi connectivity index (χ1n) is 9.37. The molecule has 1 N–H and O–H groups in total. The summed E-state index contributed by atoms with van der Waals surface area (Å²) in [5.41, 5.74) is 0.536. The lowest BCUT2D eigenvalue weighted by Gasteiger charge is -2.41. The number of morpholine rings is 1. The molecule has 0 radical (unpaired) electrons. The Morgan fingerprint density at radius 1 is 1.14 bits per heavy atom. The van der Waals surface area contributed by atoms with Crippen molar-refractivity contribution < 1.29 is 4.74 Å². The highest BCUT2D eigenvalue weighted by Gasteiger charge is 2.35. The van der Waals surface area contributed by atoms with E-state index in [4.69, 9.17) is 4.74 Å². The van der Waals surface area contributed by atoms with E-state index in [1.165, 1.54) is 64.5 Å². The molecule has 0 spiro atoms. The van der Waals surface area contributed by atoms with E-state index >= 15 is 0 Å². The van der Waals surface area contributed by atoms with Gasteiger partial charge in [-0.25, -0.2) is 0 Å². The molecular weight excluding hydrogens is 260 g/mol. The molecule has 0 aromatic heterocycles. The van der Waals surface area contributed by atoms with Crippen LogP contribution in [0, 0.1) is 5.41 Å². The summed E-state index contributed by atoms with van der Waals surface area (Å²) in [5.74, 6) is 0. The average Bonchev–Trinajstić information content (AvgIpc) is 3.33. The summed E-state index contributed by atoms with van der Waals surface area (Å²) in [6, 6.07) is 0.846. The highest BCUT2D eigenvalue weighted by Crippen LogP contribution is 2.36. The Hall–Kier alpha value is -0.120. The molecule has 1 atom stereocenters. The molecule has 122 valence electrons. The van der Waals surface area contributed by atoms with Crippen molar-refractivity contribution in [1.29, 1.82) is 0 Å². The zero-order chi connectivity index (χ0) is 14.5. The van der Waals surface area contributed by atoms with Crippen LogP contribution in [-0.2, 0) is 4.74 Å². The van der Waals surface area contributed by atoms with Crippen LogP contribution in [0.2, 0.25) is 0 Å². The normalized spacial score (nSPS) is 31.0. The zero-order valence-corrected chi connectivity index (χ0v) is 13.9. The van der Waals surface area contributed by atoms with Crippen molar-refractivity contribution in [2.75, 3.05) is 32.8 Å². The molecule has 0 amide bonds. The van der Waals surface area contributed by atoms with Gasteiger partial charge in [0.25, 0.3) is 0 Å². The fourth-order valence-corrected chi connectivity index (χ4v) is 4.16. The van der Waals surface area contributed by atoms with Gasteiger partial charge in [0.05, 0.1) is 12.7 Å². The van der Waals surface area contributed by atoms with Crippen LogP contribution in [0.15, 0.2) is 0 Å². The quantitative estimate of drug-likeness (QED) is 0.761. The molecule has 21 heavy (non-hydrogen) atoms. The van der Waals surface area contributed by atoms with E-state index in [0.717, 1.165) is 32.2 Å². The molecule has 3 nitrogen and oxygen atoms in total. The molecule has 3 fully saturated rings. The van der Waals surface area contributed by atoms with Crippen LogP contribution >= 0.6 is 0 Å². The molecule has 2 aliphatic carbocycles. The highest BCUT2D eigenvalue weighted by atomic mass is 16.5. The van der Waals surface area contributed by atoms with Crippen LogP contribution in [0.1, 0.15) is 64.7 Å². The Kier molecular flexibility index (Phi) is 5.58. The smallest absolute Gasteiger partial charge is 0.0700 e. The molecular formula is C18H34N2O. The van der Waals surface area contributed by atoms with Crippen LogP contribution in [0.25, 0.3) is 0 Å². The largest absolute Gasteiger partial charge is 0.376 e. The van der Waals surface area contributed by atoms with Gasteiger partial charge in [0, 0.05) is 32.2 Å². The molecule has 3 heteroatoms. The lowest BCUT2D eigenvalue weighted by atomic mass is 9.79. The van der Waals surface area contributed by atoms with Crippen molar-refractivity contribution in [1.82, 2.24) is 10.2 Å². The van der Waals surface area contributed by atoms with Crippen LogP contribution in [0.3, 0.4) is 0 Å². The second kappa shape index (κ2) is 7.43. The van der Waals surface area contributed by atoms with Gasteiger partial charge in [-0.1, -0.05) is 32.6 Å². The van der Waals surface area contributed by atoms with Crippen molar-refractivity contribution in [3.8, 4) is 0 Å². The first kappa shape index (κ1) is 15.8. The van der Waals surface area contributed by atoms with Gasteiger partial charge in [0.2, 0.25) is 0 Å². The third-order valence-corrected chi connectivity index (χ3v) is 5.74. The number of hydrogen-bond donors (Lipinski definition) is 1. The second-order valence-corrected chi connectivity index (χ2v) is 7.71. The molecule has 2 saturated carbocycles. The zero-order valence-electron chi connectivity index (χ0n) is 13.9. The van der Waals surface area contributed by atoms with E-state index in [1.54, 1.807) is 0 Å². The molecule has 3 rings (SSSR count). The van der Waals surface area contributed by atoms with E-state index in [1.807, 2.05) is 0 Å². The van der Waals surface area contributed by atoms with E-state index in [2.05, 4.69) is 17.1 Å². The summed E-state index contributed by atoms with van der Waals surface area (Å²) < 4.78 is 5.86. The first-order valence-corrected chi connectivity index (χ1v) is 9.37. The van der Waals surface area contributed by atoms with Gasteiger partial charge in [-0.3, -0.25) is 4.90 Å².